The zero-order valence-electron chi connectivity index (χ0n) is 19.4. The Morgan fingerprint density at radius 3 is 2.52 bits per heavy atom. The van der Waals surface area contributed by atoms with E-state index in [2.05, 4.69) is 10.2 Å². The molecular formula is C26H32FN3O3. The van der Waals surface area contributed by atoms with E-state index in [0.717, 1.165) is 49.9 Å². The maximum atomic E-state index is 14.4. The Balaban J connectivity index is 1.40. The van der Waals surface area contributed by atoms with Crippen molar-refractivity contribution in [1.29, 1.82) is 0 Å². The molecule has 7 heteroatoms. The second-order valence-corrected chi connectivity index (χ2v) is 9.01. The van der Waals surface area contributed by atoms with E-state index in [1.54, 1.807) is 31.4 Å². The van der Waals surface area contributed by atoms with Gasteiger partial charge in [0.05, 0.1) is 7.11 Å². The van der Waals surface area contributed by atoms with Crippen LogP contribution >= 0.6 is 0 Å². The lowest BCUT2D eigenvalue weighted by Crippen LogP contribution is -2.49. The smallest absolute Gasteiger partial charge is 0.255 e. The molecule has 1 aliphatic carbocycles. The molecule has 6 nitrogen and oxygen atoms in total. The summed E-state index contributed by atoms with van der Waals surface area (Å²) >= 11 is 0. The van der Waals surface area contributed by atoms with E-state index >= 15 is 0 Å². The van der Waals surface area contributed by atoms with E-state index in [4.69, 9.17) is 4.74 Å². The van der Waals surface area contributed by atoms with Crippen LogP contribution in [0, 0.1) is 18.7 Å². The van der Waals surface area contributed by atoms with E-state index in [-0.39, 0.29) is 17.6 Å². The SMILES string of the molecule is COc1cccc(C(=O)Nc2cc(F)cc(CN3CCN(C(=O)C4CCCC4)CC3)c2C)c1. The first-order valence-electron chi connectivity index (χ1n) is 11.7. The van der Waals surface area contributed by atoms with Crippen LogP contribution in [0.25, 0.3) is 0 Å². The molecule has 1 heterocycles. The van der Waals surface area contributed by atoms with Gasteiger partial charge in [0.2, 0.25) is 5.91 Å². The predicted octanol–water partition coefficient (Wildman–Crippen LogP) is 4.23. The number of hydrogen-bond donors (Lipinski definition) is 1. The van der Waals surface area contributed by atoms with Crippen molar-refractivity contribution in [2.24, 2.45) is 5.92 Å². The van der Waals surface area contributed by atoms with Crippen LogP contribution in [0.2, 0.25) is 0 Å². The summed E-state index contributed by atoms with van der Waals surface area (Å²) in [6, 6.07) is 9.75. The van der Waals surface area contributed by atoms with Crippen molar-refractivity contribution in [2.75, 3.05) is 38.6 Å². The summed E-state index contributed by atoms with van der Waals surface area (Å²) in [6.07, 6.45) is 4.36. The minimum atomic E-state index is -0.383. The molecule has 0 spiro atoms. The molecule has 1 saturated heterocycles. The normalized spacial score (nSPS) is 17.2. The number of carbonyl (C=O) groups excluding carboxylic acids is 2. The molecule has 1 N–H and O–H groups in total. The Morgan fingerprint density at radius 2 is 1.82 bits per heavy atom. The van der Waals surface area contributed by atoms with Gasteiger partial charge in [0.15, 0.2) is 0 Å². The Bertz CT molecular complexity index is 1010. The number of amides is 2. The van der Waals surface area contributed by atoms with Gasteiger partial charge in [0, 0.05) is 49.9 Å². The van der Waals surface area contributed by atoms with Gasteiger partial charge in [-0.25, -0.2) is 4.39 Å². The predicted molar refractivity (Wildman–Crippen MR) is 126 cm³/mol. The lowest BCUT2D eigenvalue weighted by molar-refractivity contribution is -0.137. The molecule has 0 unspecified atom stereocenters. The third kappa shape index (κ3) is 5.53. The molecule has 2 amide bonds. The molecule has 2 aromatic rings. The van der Waals surface area contributed by atoms with Crippen molar-refractivity contribution in [1.82, 2.24) is 9.80 Å². The van der Waals surface area contributed by atoms with E-state index < -0.39 is 0 Å². The van der Waals surface area contributed by atoms with Gasteiger partial charge >= 0.3 is 0 Å². The summed E-state index contributed by atoms with van der Waals surface area (Å²) < 4.78 is 19.6. The summed E-state index contributed by atoms with van der Waals surface area (Å²) in [5.41, 5.74) is 2.60. The quantitative estimate of drug-likeness (QED) is 0.711. The van der Waals surface area contributed by atoms with Crippen LogP contribution in [0.4, 0.5) is 10.1 Å². The van der Waals surface area contributed by atoms with Crippen LogP contribution in [-0.4, -0.2) is 54.9 Å². The van der Waals surface area contributed by atoms with Gasteiger partial charge in [0.1, 0.15) is 11.6 Å². The zero-order chi connectivity index (χ0) is 23.4. The summed E-state index contributed by atoms with van der Waals surface area (Å²) in [5, 5.41) is 2.84. The largest absolute Gasteiger partial charge is 0.497 e. The lowest BCUT2D eigenvalue weighted by atomic mass is 10.0. The number of rotatable bonds is 6. The van der Waals surface area contributed by atoms with E-state index in [9.17, 15) is 14.0 Å². The molecule has 176 valence electrons. The minimum Gasteiger partial charge on any atom is -0.497 e. The number of nitrogens with one attached hydrogen (secondary N) is 1. The van der Waals surface area contributed by atoms with Crippen LogP contribution in [0.15, 0.2) is 36.4 Å². The summed E-state index contributed by atoms with van der Waals surface area (Å²) in [7, 11) is 1.55. The van der Waals surface area contributed by atoms with Gasteiger partial charge in [0.25, 0.3) is 5.91 Å². The molecule has 0 radical (unpaired) electrons. The lowest BCUT2D eigenvalue weighted by Gasteiger charge is -2.36. The van der Waals surface area contributed by atoms with Crippen LogP contribution in [0.5, 0.6) is 5.75 Å². The fourth-order valence-electron chi connectivity index (χ4n) is 4.79. The first-order chi connectivity index (χ1) is 15.9. The highest BCUT2D eigenvalue weighted by molar-refractivity contribution is 6.05. The van der Waals surface area contributed by atoms with Gasteiger partial charge in [-0.1, -0.05) is 18.9 Å². The molecule has 0 aromatic heterocycles. The second kappa shape index (κ2) is 10.3. The van der Waals surface area contributed by atoms with Gasteiger partial charge in [-0.2, -0.15) is 0 Å². The van der Waals surface area contributed by atoms with Crippen molar-refractivity contribution in [3.63, 3.8) is 0 Å². The average Bonchev–Trinajstić information content (AvgIpc) is 3.37. The molecular weight excluding hydrogens is 421 g/mol. The van der Waals surface area contributed by atoms with Crippen LogP contribution in [-0.2, 0) is 11.3 Å². The van der Waals surface area contributed by atoms with Crippen LogP contribution < -0.4 is 10.1 Å². The maximum Gasteiger partial charge on any atom is 0.255 e. The number of ether oxygens (including phenoxy) is 1. The topological polar surface area (TPSA) is 61.9 Å². The highest BCUT2D eigenvalue weighted by Gasteiger charge is 2.29. The summed E-state index contributed by atoms with van der Waals surface area (Å²) in [5.74, 6) is 0.401. The van der Waals surface area contributed by atoms with Gasteiger partial charge < -0.3 is 15.0 Å². The number of piperazine rings is 1. The number of hydrogen-bond acceptors (Lipinski definition) is 4. The van der Waals surface area contributed by atoms with Crippen LogP contribution in [0.3, 0.4) is 0 Å². The first-order valence-corrected chi connectivity index (χ1v) is 11.7. The third-order valence-electron chi connectivity index (χ3n) is 6.84. The van der Waals surface area contributed by atoms with E-state index in [1.165, 1.54) is 12.1 Å². The summed E-state index contributed by atoms with van der Waals surface area (Å²) in [6.45, 7) is 5.43. The summed E-state index contributed by atoms with van der Waals surface area (Å²) in [4.78, 5) is 29.6. The molecule has 4 rings (SSSR count). The molecule has 33 heavy (non-hydrogen) atoms. The Kier molecular flexibility index (Phi) is 7.28. The van der Waals surface area contributed by atoms with Crippen molar-refractivity contribution in [3.05, 3.63) is 58.9 Å². The van der Waals surface area contributed by atoms with Crippen molar-refractivity contribution >= 4 is 17.5 Å². The number of halogens is 1. The minimum absolute atomic E-state index is 0.206. The molecule has 0 atom stereocenters. The van der Waals surface area contributed by atoms with Gasteiger partial charge in [-0.05, 0) is 61.2 Å². The van der Waals surface area contributed by atoms with Crippen molar-refractivity contribution < 1.29 is 18.7 Å². The number of anilines is 1. The molecule has 1 aliphatic heterocycles. The molecule has 2 aliphatic rings. The first kappa shape index (κ1) is 23.2. The zero-order valence-corrected chi connectivity index (χ0v) is 19.4. The van der Waals surface area contributed by atoms with Gasteiger partial charge in [-0.15, -0.1) is 0 Å². The highest BCUT2D eigenvalue weighted by Crippen LogP contribution is 2.28. The number of benzene rings is 2. The average molecular weight is 454 g/mol. The molecule has 2 fully saturated rings. The Morgan fingerprint density at radius 1 is 1.09 bits per heavy atom. The fourth-order valence-corrected chi connectivity index (χ4v) is 4.79. The highest BCUT2D eigenvalue weighted by atomic mass is 19.1. The van der Waals surface area contributed by atoms with Crippen LogP contribution in [0.1, 0.15) is 47.2 Å². The number of methoxy groups -OCH3 is 1. The Labute approximate surface area is 194 Å². The van der Waals surface area contributed by atoms with Crippen molar-refractivity contribution in [3.8, 4) is 5.75 Å². The fraction of sp³-hybridized carbons (Fsp3) is 0.462. The van der Waals surface area contributed by atoms with E-state index in [1.807, 2.05) is 11.8 Å². The van der Waals surface area contributed by atoms with E-state index in [0.29, 0.717) is 42.5 Å². The van der Waals surface area contributed by atoms with Gasteiger partial charge in [-0.3, -0.25) is 14.5 Å². The number of nitrogens with zero attached hydrogens (tertiary/aromatic N) is 2. The third-order valence-corrected chi connectivity index (χ3v) is 6.84. The molecule has 1 saturated carbocycles. The standard InChI is InChI=1S/C26H32FN3O3/c1-18-21(17-29-10-12-30(13-11-29)26(32)19-6-3-4-7-19)14-22(27)16-24(18)28-25(31)20-8-5-9-23(15-20)33-2/h5,8-9,14-16,19H,3-4,6-7,10-13,17H2,1-2H3,(H,28,31). The molecule has 2 aromatic carbocycles. The number of carbonyl (C=O) groups is 2. The monoisotopic (exact) mass is 453 g/mol. The second-order valence-electron chi connectivity index (χ2n) is 9.01. The molecule has 0 bridgehead atoms. The van der Waals surface area contributed by atoms with Crippen molar-refractivity contribution in [2.45, 2.75) is 39.2 Å². The maximum absolute atomic E-state index is 14.4. The Hall–Kier alpha value is -2.93.